The van der Waals surface area contributed by atoms with Crippen molar-refractivity contribution in [2.75, 3.05) is 0 Å². The molecular formula is C16H4F8. The van der Waals surface area contributed by atoms with Crippen molar-refractivity contribution >= 4 is 24.3 Å². The molecule has 0 fully saturated rings. The lowest BCUT2D eigenvalue weighted by Crippen LogP contribution is -2.06. The van der Waals surface area contributed by atoms with Crippen LogP contribution in [-0.2, 0) is 0 Å². The van der Waals surface area contributed by atoms with E-state index in [1.807, 2.05) is 0 Å². The summed E-state index contributed by atoms with van der Waals surface area (Å²) in [6.45, 7) is 0. The Labute approximate surface area is 129 Å². The standard InChI is InChI=1S/C16H4F8/c17-9-5-1-2-6-11(19)15(23)8(16(24)12(6)20)4-3-7(13(9)21)14(22)10(5)18/h1-4H/b2-1-,4-3-,5-1?,6-2?,7-3?,8-4?. The largest absolute Gasteiger partial charge is 0.203 e. The summed E-state index contributed by atoms with van der Waals surface area (Å²) in [6, 6.07) is 0. The van der Waals surface area contributed by atoms with Crippen LogP contribution >= 0.6 is 0 Å². The Kier molecular flexibility index (Phi) is 3.70. The average molecular weight is 348 g/mol. The fourth-order valence-corrected chi connectivity index (χ4v) is 2.25. The third-order valence-corrected chi connectivity index (χ3v) is 3.50. The smallest absolute Gasteiger partial charge is 0.169 e. The molecule has 2 aromatic carbocycles. The Bertz CT molecular complexity index is 731. The van der Waals surface area contributed by atoms with Crippen LogP contribution in [0.5, 0.6) is 0 Å². The maximum atomic E-state index is 13.8. The van der Waals surface area contributed by atoms with Gasteiger partial charge >= 0.3 is 0 Å². The molecule has 0 aromatic heterocycles. The summed E-state index contributed by atoms with van der Waals surface area (Å²) < 4.78 is 111. The Balaban J connectivity index is 2.49. The lowest BCUT2D eigenvalue weighted by Gasteiger charge is -2.11. The Morgan fingerprint density at radius 3 is 0.542 bits per heavy atom. The summed E-state index contributed by atoms with van der Waals surface area (Å²) in [7, 11) is 0. The van der Waals surface area contributed by atoms with Crippen LogP contribution < -0.4 is 0 Å². The van der Waals surface area contributed by atoms with E-state index in [1.165, 1.54) is 0 Å². The predicted molar refractivity (Wildman–Crippen MR) is 70.4 cm³/mol. The summed E-state index contributed by atoms with van der Waals surface area (Å²) in [5, 5.41) is 0. The van der Waals surface area contributed by atoms with Crippen molar-refractivity contribution in [1.29, 1.82) is 0 Å². The van der Waals surface area contributed by atoms with E-state index in [9.17, 15) is 35.1 Å². The molecule has 2 aromatic rings. The maximum Gasteiger partial charge on any atom is 0.169 e. The van der Waals surface area contributed by atoms with Crippen LogP contribution in [0.1, 0.15) is 22.3 Å². The van der Waals surface area contributed by atoms with Crippen LogP contribution in [0.25, 0.3) is 24.3 Å². The van der Waals surface area contributed by atoms with Crippen molar-refractivity contribution in [2.45, 2.75) is 0 Å². The van der Waals surface area contributed by atoms with Crippen LogP contribution in [0.4, 0.5) is 35.1 Å². The molecule has 0 radical (unpaired) electrons. The fraction of sp³-hybridized carbons (Fsp3) is 0. The molecule has 0 heterocycles. The molecule has 0 saturated heterocycles. The minimum atomic E-state index is -1.82. The van der Waals surface area contributed by atoms with Gasteiger partial charge in [-0.05, 0) is 24.3 Å². The number of hydrogen-bond donors (Lipinski definition) is 0. The van der Waals surface area contributed by atoms with Crippen LogP contribution in [0.3, 0.4) is 0 Å². The second-order valence-electron chi connectivity index (χ2n) is 4.83. The molecule has 0 unspecified atom stereocenters. The molecule has 4 aliphatic rings. The van der Waals surface area contributed by atoms with Gasteiger partial charge in [0.2, 0.25) is 0 Å². The van der Waals surface area contributed by atoms with Gasteiger partial charge < -0.3 is 0 Å². The van der Waals surface area contributed by atoms with Gasteiger partial charge in [0.05, 0.1) is 22.3 Å². The summed E-state index contributed by atoms with van der Waals surface area (Å²) >= 11 is 0. The molecule has 0 saturated carbocycles. The van der Waals surface area contributed by atoms with Crippen molar-refractivity contribution < 1.29 is 35.1 Å². The van der Waals surface area contributed by atoms with E-state index in [1.54, 1.807) is 0 Å². The van der Waals surface area contributed by atoms with Gasteiger partial charge in [-0.3, -0.25) is 0 Å². The zero-order chi connectivity index (χ0) is 17.8. The highest BCUT2D eigenvalue weighted by molar-refractivity contribution is 5.77. The minimum Gasteiger partial charge on any atom is -0.203 e. The third kappa shape index (κ3) is 2.13. The van der Waals surface area contributed by atoms with E-state index in [0.717, 1.165) is 0 Å². The lowest BCUT2D eigenvalue weighted by molar-refractivity contribution is 0.446. The molecule has 0 atom stereocenters. The first-order valence-electron chi connectivity index (χ1n) is 6.33. The Morgan fingerprint density at radius 1 is 0.292 bits per heavy atom. The van der Waals surface area contributed by atoms with E-state index < -0.39 is 68.8 Å². The molecular weight excluding hydrogens is 344 g/mol. The van der Waals surface area contributed by atoms with E-state index in [4.69, 9.17) is 0 Å². The Hall–Kier alpha value is -2.64. The van der Waals surface area contributed by atoms with Gasteiger partial charge in [-0.2, -0.15) is 0 Å². The number of rotatable bonds is 0. The van der Waals surface area contributed by atoms with Gasteiger partial charge in [0, 0.05) is 0 Å². The molecule has 6 rings (SSSR count). The van der Waals surface area contributed by atoms with E-state index in [0.29, 0.717) is 0 Å². The number of benzene rings is 2. The first-order valence-corrected chi connectivity index (χ1v) is 6.33. The Morgan fingerprint density at radius 2 is 0.417 bits per heavy atom. The van der Waals surface area contributed by atoms with Crippen molar-refractivity contribution in [3.05, 3.63) is 68.8 Å². The van der Waals surface area contributed by atoms with Crippen LogP contribution in [0.2, 0.25) is 0 Å². The van der Waals surface area contributed by atoms with Gasteiger partial charge in [0.15, 0.2) is 46.5 Å². The zero-order valence-electron chi connectivity index (χ0n) is 11.3. The predicted octanol–water partition coefficient (Wildman–Crippen LogP) is 5.45. The van der Waals surface area contributed by atoms with E-state index >= 15 is 0 Å². The van der Waals surface area contributed by atoms with Crippen LogP contribution in [0, 0.1) is 46.5 Å². The SMILES string of the molecule is Fc1c(F)c2c(F)c(F)c1/C=C\c1c(F)c(F)c(c(F)c1F)/C=C\2. The second kappa shape index (κ2) is 5.47. The zero-order valence-corrected chi connectivity index (χ0v) is 11.3. The van der Waals surface area contributed by atoms with E-state index in [-0.39, 0.29) is 24.3 Å². The maximum absolute atomic E-state index is 13.8. The van der Waals surface area contributed by atoms with Crippen molar-refractivity contribution in [3.63, 3.8) is 0 Å². The number of halogens is 8. The fourth-order valence-electron chi connectivity index (χ4n) is 2.25. The quantitative estimate of drug-likeness (QED) is 0.374. The average Bonchev–Trinajstić information content (AvgIpc) is 2.55. The molecule has 0 spiro atoms. The molecule has 0 amide bonds. The van der Waals surface area contributed by atoms with Gasteiger partial charge in [-0.25, -0.2) is 35.1 Å². The first kappa shape index (κ1) is 16.2. The monoisotopic (exact) mass is 348 g/mol. The minimum absolute atomic E-state index is 0.284. The number of hydrogen-bond acceptors (Lipinski definition) is 0. The van der Waals surface area contributed by atoms with Crippen LogP contribution in [0.15, 0.2) is 0 Å². The molecule has 4 aliphatic carbocycles. The molecule has 24 heavy (non-hydrogen) atoms. The lowest BCUT2D eigenvalue weighted by atomic mass is 10.0. The third-order valence-electron chi connectivity index (χ3n) is 3.50. The molecule has 0 N–H and O–H groups in total. The topological polar surface area (TPSA) is 0 Å². The first-order chi connectivity index (χ1) is 11.3. The summed E-state index contributed by atoms with van der Waals surface area (Å²) in [4.78, 5) is 0. The van der Waals surface area contributed by atoms with Gasteiger partial charge in [-0.15, -0.1) is 0 Å². The van der Waals surface area contributed by atoms with Gasteiger partial charge in [0.25, 0.3) is 0 Å². The molecule has 0 nitrogen and oxygen atoms in total. The highest BCUT2D eigenvalue weighted by Gasteiger charge is 2.26. The van der Waals surface area contributed by atoms with Crippen molar-refractivity contribution in [1.82, 2.24) is 0 Å². The molecule has 8 heteroatoms. The second-order valence-corrected chi connectivity index (χ2v) is 4.83. The normalized spacial score (nSPS) is 15.3. The van der Waals surface area contributed by atoms with Gasteiger partial charge in [0.1, 0.15) is 0 Å². The highest BCUT2D eigenvalue weighted by Crippen LogP contribution is 2.32. The summed E-state index contributed by atoms with van der Waals surface area (Å²) in [5.74, 6) is -14.5. The molecule has 4 bridgehead atoms. The summed E-state index contributed by atoms with van der Waals surface area (Å²) in [6.07, 6.45) is 1.13. The van der Waals surface area contributed by atoms with E-state index in [2.05, 4.69) is 0 Å². The highest BCUT2D eigenvalue weighted by atomic mass is 19.2. The van der Waals surface area contributed by atoms with Crippen LogP contribution in [-0.4, -0.2) is 0 Å². The van der Waals surface area contributed by atoms with Crippen molar-refractivity contribution in [3.8, 4) is 0 Å². The molecule has 124 valence electrons. The van der Waals surface area contributed by atoms with Crippen molar-refractivity contribution in [2.24, 2.45) is 0 Å². The van der Waals surface area contributed by atoms with Gasteiger partial charge in [-0.1, -0.05) is 0 Å². The summed E-state index contributed by atoms with van der Waals surface area (Å²) in [5.41, 5.74) is -5.14. The molecule has 0 aliphatic heterocycles.